The Kier molecular flexibility index (Phi) is 6.37. The van der Waals surface area contributed by atoms with Gasteiger partial charge in [0.05, 0.1) is 34.0 Å². The van der Waals surface area contributed by atoms with Crippen molar-refractivity contribution in [1.82, 2.24) is 5.16 Å². The van der Waals surface area contributed by atoms with E-state index < -0.39 is 23.5 Å². The van der Waals surface area contributed by atoms with E-state index in [1.54, 1.807) is 37.3 Å². The fraction of sp³-hybridized carbons (Fsp3) is 0.240. The van der Waals surface area contributed by atoms with Gasteiger partial charge in [0.15, 0.2) is 28.8 Å². The zero-order valence-electron chi connectivity index (χ0n) is 19.8. The zero-order valence-corrected chi connectivity index (χ0v) is 19.8. The van der Waals surface area contributed by atoms with Crippen LogP contribution in [0.4, 0.5) is 5.82 Å². The van der Waals surface area contributed by atoms with Gasteiger partial charge in [0, 0.05) is 17.2 Å². The second kappa shape index (κ2) is 9.41. The molecule has 0 radical (unpaired) electrons. The van der Waals surface area contributed by atoms with E-state index in [4.69, 9.17) is 23.5 Å². The van der Waals surface area contributed by atoms with E-state index in [1.807, 2.05) is 0 Å². The number of hydrogen-bond donors (Lipinski definition) is 1. The Labute approximate surface area is 201 Å². The van der Waals surface area contributed by atoms with Crippen LogP contribution >= 0.6 is 0 Å². The number of aromatic nitrogens is 1. The number of aliphatic hydroxyl groups is 1. The van der Waals surface area contributed by atoms with E-state index in [2.05, 4.69) is 5.16 Å². The minimum atomic E-state index is -1.09. The summed E-state index contributed by atoms with van der Waals surface area (Å²) >= 11 is 0. The molecular formula is C25H24N2O8. The van der Waals surface area contributed by atoms with E-state index in [-0.39, 0.29) is 17.0 Å². The van der Waals surface area contributed by atoms with Gasteiger partial charge in [-0.1, -0.05) is 17.3 Å². The lowest BCUT2D eigenvalue weighted by atomic mass is 9.94. The van der Waals surface area contributed by atoms with Gasteiger partial charge in [-0.15, -0.1) is 0 Å². The third-order valence-corrected chi connectivity index (χ3v) is 5.69. The van der Waals surface area contributed by atoms with Gasteiger partial charge in [0.1, 0.15) is 17.6 Å². The van der Waals surface area contributed by atoms with Crippen molar-refractivity contribution >= 4 is 23.3 Å². The summed E-state index contributed by atoms with van der Waals surface area (Å²) in [4.78, 5) is 27.8. The highest BCUT2D eigenvalue weighted by Gasteiger charge is 2.49. The third kappa shape index (κ3) is 3.92. The van der Waals surface area contributed by atoms with Crippen molar-refractivity contribution in [3.8, 4) is 23.0 Å². The fourth-order valence-electron chi connectivity index (χ4n) is 4.10. The lowest BCUT2D eigenvalue weighted by Gasteiger charge is -2.25. The van der Waals surface area contributed by atoms with E-state index in [0.717, 1.165) is 0 Å². The highest BCUT2D eigenvalue weighted by molar-refractivity contribution is 6.51. The number of para-hydroxylation sites is 1. The summed E-state index contributed by atoms with van der Waals surface area (Å²) in [5.74, 6) is -0.153. The molecule has 1 amide bonds. The summed E-state index contributed by atoms with van der Waals surface area (Å²) in [7, 11) is 5.86. The van der Waals surface area contributed by atoms with E-state index in [9.17, 15) is 14.7 Å². The maximum absolute atomic E-state index is 13.3. The maximum Gasteiger partial charge on any atom is 0.301 e. The van der Waals surface area contributed by atoms with Crippen molar-refractivity contribution in [2.24, 2.45) is 0 Å². The van der Waals surface area contributed by atoms with E-state index in [1.165, 1.54) is 45.5 Å². The second-order valence-electron chi connectivity index (χ2n) is 7.62. The van der Waals surface area contributed by atoms with Crippen LogP contribution in [0.2, 0.25) is 0 Å². The Hall–Kier alpha value is -4.47. The van der Waals surface area contributed by atoms with E-state index in [0.29, 0.717) is 34.3 Å². The largest absolute Gasteiger partial charge is 0.507 e. The van der Waals surface area contributed by atoms with Crippen molar-refractivity contribution in [2.45, 2.75) is 13.0 Å². The number of carbonyl (C=O) groups excluding carboxylic acids is 2. The monoisotopic (exact) mass is 480 g/mol. The zero-order chi connectivity index (χ0) is 25.3. The molecule has 4 rings (SSSR count). The molecular weight excluding hydrogens is 456 g/mol. The predicted molar refractivity (Wildman–Crippen MR) is 125 cm³/mol. The van der Waals surface area contributed by atoms with Gasteiger partial charge in [0.25, 0.3) is 5.78 Å². The van der Waals surface area contributed by atoms with Gasteiger partial charge in [-0.2, -0.15) is 0 Å². The summed E-state index contributed by atoms with van der Waals surface area (Å²) in [6.07, 6.45) is 0. The number of amides is 1. The summed E-state index contributed by atoms with van der Waals surface area (Å²) in [5, 5.41) is 15.3. The summed E-state index contributed by atoms with van der Waals surface area (Å²) < 4.78 is 26.7. The number of Topliss-reactive ketones (excluding diaryl/α,β-unsaturated/α-hetero) is 1. The molecule has 0 bridgehead atoms. The second-order valence-corrected chi connectivity index (χ2v) is 7.62. The molecule has 1 atom stereocenters. The number of benzene rings is 2. The van der Waals surface area contributed by atoms with Crippen molar-refractivity contribution < 1.29 is 38.2 Å². The molecule has 0 aliphatic carbocycles. The molecule has 2 heterocycles. The Morgan fingerprint density at radius 1 is 0.943 bits per heavy atom. The number of rotatable bonds is 7. The Morgan fingerprint density at radius 2 is 1.66 bits per heavy atom. The number of nitrogens with zero attached hydrogens (tertiary/aromatic N) is 2. The minimum Gasteiger partial charge on any atom is -0.507 e. The SMILES string of the molecule is COc1ccc(/C(O)=C2\C(=O)C(=O)N(c3cc(C)on3)[C@@H]2c2cccc(OC)c2OC)cc1OC. The average Bonchev–Trinajstić information content (AvgIpc) is 3.42. The number of ketones is 1. The van der Waals surface area contributed by atoms with Crippen LogP contribution in [-0.2, 0) is 9.59 Å². The van der Waals surface area contributed by atoms with Crippen LogP contribution in [0.5, 0.6) is 23.0 Å². The molecule has 3 aromatic rings. The molecule has 182 valence electrons. The number of methoxy groups -OCH3 is 4. The maximum atomic E-state index is 13.3. The van der Waals surface area contributed by atoms with Gasteiger partial charge in [-0.05, 0) is 31.2 Å². The quantitative estimate of drug-likeness (QED) is 0.307. The molecule has 1 fully saturated rings. The van der Waals surface area contributed by atoms with Gasteiger partial charge in [0.2, 0.25) is 0 Å². The summed E-state index contributed by atoms with van der Waals surface area (Å²) in [6.45, 7) is 1.66. The number of carbonyl (C=O) groups is 2. The van der Waals surface area contributed by atoms with Crippen LogP contribution in [0.15, 0.2) is 52.6 Å². The first kappa shape index (κ1) is 23.7. The first-order valence-electron chi connectivity index (χ1n) is 10.5. The predicted octanol–water partition coefficient (Wildman–Crippen LogP) is 3.64. The molecule has 1 aliphatic rings. The van der Waals surface area contributed by atoms with Gasteiger partial charge >= 0.3 is 5.91 Å². The number of ether oxygens (including phenoxy) is 4. The van der Waals surface area contributed by atoms with Crippen molar-refractivity contribution in [2.75, 3.05) is 33.3 Å². The standard InChI is InChI=1S/C25H24N2O8/c1-13-11-19(26-35-13)27-21(15-7-6-8-17(32-3)24(15)34-5)20(23(29)25(27)30)22(28)14-9-10-16(31-2)18(12-14)33-4/h6-12,21,28H,1-5H3/b22-20+/t21-/m1/s1. The number of anilines is 1. The smallest absolute Gasteiger partial charge is 0.301 e. The lowest BCUT2D eigenvalue weighted by Crippen LogP contribution is -2.30. The van der Waals surface area contributed by atoms with Crippen molar-refractivity contribution in [3.63, 3.8) is 0 Å². The molecule has 10 nitrogen and oxygen atoms in total. The molecule has 2 aromatic carbocycles. The summed E-state index contributed by atoms with van der Waals surface area (Å²) in [5.41, 5.74) is 0.506. The molecule has 1 aromatic heterocycles. The van der Waals surface area contributed by atoms with E-state index >= 15 is 0 Å². The Morgan fingerprint density at radius 3 is 2.26 bits per heavy atom. The Balaban J connectivity index is 2.00. The lowest BCUT2D eigenvalue weighted by molar-refractivity contribution is -0.132. The number of aliphatic hydroxyl groups excluding tert-OH is 1. The van der Waals surface area contributed by atoms with Crippen LogP contribution < -0.4 is 23.8 Å². The average molecular weight is 480 g/mol. The molecule has 0 unspecified atom stereocenters. The minimum absolute atomic E-state index is 0.117. The molecule has 10 heteroatoms. The first-order valence-corrected chi connectivity index (χ1v) is 10.5. The van der Waals surface area contributed by atoms with Crippen molar-refractivity contribution in [1.29, 1.82) is 0 Å². The van der Waals surface area contributed by atoms with Crippen LogP contribution in [-0.4, -0.2) is 50.4 Å². The molecule has 1 N–H and O–H groups in total. The fourth-order valence-corrected chi connectivity index (χ4v) is 4.10. The highest BCUT2D eigenvalue weighted by Crippen LogP contribution is 2.47. The number of aryl methyl sites for hydroxylation is 1. The molecule has 0 saturated carbocycles. The van der Waals surface area contributed by atoms with Gasteiger partial charge < -0.3 is 28.6 Å². The molecule has 0 spiro atoms. The topological polar surface area (TPSA) is 121 Å². The van der Waals surface area contributed by atoms with Crippen LogP contribution in [0, 0.1) is 6.92 Å². The van der Waals surface area contributed by atoms with Gasteiger partial charge in [-0.25, -0.2) is 0 Å². The molecule has 1 aliphatic heterocycles. The molecule has 1 saturated heterocycles. The first-order chi connectivity index (χ1) is 16.9. The third-order valence-electron chi connectivity index (χ3n) is 5.69. The van der Waals surface area contributed by atoms with Crippen LogP contribution in [0.1, 0.15) is 22.9 Å². The number of hydrogen-bond acceptors (Lipinski definition) is 9. The molecule has 35 heavy (non-hydrogen) atoms. The van der Waals surface area contributed by atoms with Crippen LogP contribution in [0.25, 0.3) is 5.76 Å². The Bertz CT molecular complexity index is 1330. The summed E-state index contributed by atoms with van der Waals surface area (Å²) in [6, 6.07) is 10.2. The normalized spacial score (nSPS) is 16.9. The highest BCUT2D eigenvalue weighted by atomic mass is 16.5. The van der Waals surface area contributed by atoms with Crippen LogP contribution in [0.3, 0.4) is 0 Å². The van der Waals surface area contributed by atoms with Crippen molar-refractivity contribution in [3.05, 3.63) is 64.9 Å². The van der Waals surface area contributed by atoms with Gasteiger partial charge in [-0.3, -0.25) is 14.5 Å².